The van der Waals surface area contributed by atoms with Gasteiger partial charge in [0.05, 0.1) is 11.9 Å². The average Bonchev–Trinajstić information content (AvgIpc) is 3.29. The molecule has 27 heavy (non-hydrogen) atoms. The Kier molecular flexibility index (Phi) is 3.57. The van der Waals surface area contributed by atoms with Crippen molar-refractivity contribution < 1.29 is 4.52 Å². The molecule has 1 aliphatic carbocycles. The smallest absolute Gasteiger partial charge is 0.172 e. The third-order valence-electron chi connectivity index (χ3n) is 5.59. The van der Waals surface area contributed by atoms with Crippen LogP contribution in [-0.4, -0.2) is 9.72 Å². The maximum atomic E-state index is 5.71. The van der Waals surface area contributed by atoms with Gasteiger partial charge in [-0.15, -0.1) is 0 Å². The molecular weight excluding hydrogens is 332 g/mol. The fraction of sp³-hybridized carbons (Fsp3) is 0.208. The van der Waals surface area contributed by atoms with E-state index in [2.05, 4.69) is 90.4 Å². The van der Waals surface area contributed by atoms with Crippen LogP contribution in [0.5, 0.6) is 0 Å². The van der Waals surface area contributed by atoms with Gasteiger partial charge < -0.3 is 9.09 Å². The highest BCUT2D eigenvalue weighted by atomic mass is 16.5. The molecule has 2 aromatic heterocycles. The van der Waals surface area contributed by atoms with Crippen molar-refractivity contribution in [2.75, 3.05) is 0 Å². The van der Waals surface area contributed by atoms with Gasteiger partial charge in [-0.1, -0.05) is 79.7 Å². The lowest BCUT2D eigenvalue weighted by Gasteiger charge is -2.29. The molecule has 3 heteroatoms. The van der Waals surface area contributed by atoms with Crippen LogP contribution in [0, 0.1) is 0 Å². The lowest BCUT2D eigenvalue weighted by Crippen LogP contribution is -2.24. The van der Waals surface area contributed by atoms with Crippen molar-refractivity contribution in [2.24, 2.45) is 0 Å². The van der Waals surface area contributed by atoms with Gasteiger partial charge in [-0.3, -0.25) is 0 Å². The summed E-state index contributed by atoms with van der Waals surface area (Å²) in [5, 5.41) is 4.11. The number of fused-ring (bicyclic) bond motifs is 3. The number of hydrogen-bond acceptors (Lipinski definition) is 2. The van der Waals surface area contributed by atoms with Crippen LogP contribution >= 0.6 is 0 Å². The number of hydrogen-bond donors (Lipinski definition) is 0. The zero-order valence-corrected chi connectivity index (χ0v) is 15.6. The van der Waals surface area contributed by atoms with E-state index in [4.69, 9.17) is 4.52 Å². The first-order chi connectivity index (χ1) is 13.1. The Labute approximate surface area is 159 Å². The molecule has 0 aliphatic heterocycles. The minimum absolute atomic E-state index is 0.00476. The van der Waals surface area contributed by atoms with E-state index in [9.17, 15) is 0 Å². The van der Waals surface area contributed by atoms with E-state index in [-0.39, 0.29) is 5.41 Å². The van der Waals surface area contributed by atoms with Gasteiger partial charge in [0, 0.05) is 23.9 Å². The summed E-state index contributed by atoms with van der Waals surface area (Å²) < 4.78 is 8.07. The molecule has 5 rings (SSSR count). The standard InChI is InChI=1S/C24H22N2O/c1-24(2)13-19-20(23-21(24)14-25-27-23)16-26(15-17-9-5-3-6-10-17)22(19)18-11-7-4-8-12-18/h3-12,14,16H,13,15H2,1-2H3. The summed E-state index contributed by atoms with van der Waals surface area (Å²) >= 11 is 0. The summed E-state index contributed by atoms with van der Waals surface area (Å²) in [5.74, 6) is 0.922. The monoisotopic (exact) mass is 354 g/mol. The Morgan fingerprint density at radius 3 is 2.44 bits per heavy atom. The lowest BCUT2D eigenvalue weighted by atomic mass is 9.73. The Morgan fingerprint density at radius 1 is 1.00 bits per heavy atom. The van der Waals surface area contributed by atoms with Crippen LogP contribution in [0.15, 0.2) is 77.6 Å². The van der Waals surface area contributed by atoms with Gasteiger partial charge in [0.2, 0.25) is 0 Å². The molecule has 0 amide bonds. The molecule has 0 unspecified atom stereocenters. The molecule has 0 saturated heterocycles. The molecule has 0 spiro atoms. The first-order valence-corrected chi connectivity index (χ1v) is 9.40. The summed E-state index contributed by atoms with van der Waals surface area (Å²) in [6.45, 7) is 5.38. The molecular formula is C24H22N2O. The fourth-order valence-electron chi connectivity index (χ4n) is 4.27. The third-order valence-corrected chi connectivity index (χ3v) is 5.59. The fourth-order valence-corrected chi connectivity index (χ4v) is 4.27. The molecule has 0 bridgehead atoms. The van der Waals surface area contributed by atoms with Gasteiger partial charge in [0.15, 0.2) is 5.76 Å². The van der Waals surface area contributed by atoms with E-state index in [0.29, 0.717) is 0 Å². The topological polar surface area (TPSA) is 31.0 Å². The zero-order chi connectivity index (χ0) is 18.4. The number of rotatable bonds is 3. The molecule has 1 aliphatic rings. The SMILES string of the molecule is CC1(C)Cc2c(cn(Cc3ccccc3)c2-c2ccccc2)-c2oncc21. The molecule has 2 heterocycles. The largest absolute Gasteiger partial charge is 0.356 e. The third kappa shape index (κ3) is 2.62. The van der Waals surface area contributed by atoms with Crippen LogP contribution in [0.25, 0.3) is 22.6 Å². The van der Waals surface area contributed by atoms with Crippen molar-refractivity contribution in [1.82, 2.24) is 9.72 Å². The van der Waals surface area contributed by atoms with Crippen LogP contribution < -0.4 is 0 Å². The highest BCUT2D eigenvalue weighted by Gasteiger charge is 2.37. The van der Waals surface area contributed by atoms with Crippen molar-refractivity contribution in [3.63, 3.8) is 0 Å². The van der Waals surface area contributed by atoms with E-state index < -0.39 is 0 Å². The predicted molar refractivity (Wildman–Crippen MR) is 108 cm³/mol. The van der Waals surface area contributed by atoms with Crippen LogP contribution in [0.3, 0.4) is 0 Å². The van der Waals surface area contributed by atoms with Gasteiger partial charge in [-0.2, -0.15) is 0 Å². The summed E-state index contributed by atoms with van der Waals surface area (Å²) in [4.78, 5) is 0. The van der Waals surface area contributed by atoms with Gasteiger partial charge in [0.25, 0.3) is 0 Å². The molecule has 0 N–H and O–H groups in total. The Morgan fingerprint density at radius 2 is 1.70 bits per heavy atom. The van der Waals surface area contributed by atoms with E-state index in [1.807, 2.05) is 6.20 Å². The first-order valence-electron chi connectivity index (χ1n) is 9.40. The highest BCUT2D eigenvalue weighted by molar-refractivity contribution is 5.79. The van der Waals surface area contributed by atoms with Crippen molar-refractivity contribution >= 4 is 0 Å². The van der Waals surface area contributed by atoms with Crippen LogP contribution in [-0.2, 0) is 18.4 Å². The van der Waals surface area contributed by atoms with Crippen molar-refractivity contribution in [2.45, 2.75) is 32.2 Å². The Balaban J connectivity index is 1.74. The number of aromatic nitrogens is 2. The molecule has 3 nitrogen and oxygen atoms in total. The first kappa shape index (κ1) is 16.1. The second-order valence-electron chi connectivity index (χ2n) is 7.98. The van der Waals surface area contributed by atoms with Crippen LogP contribution in [0.2, 0.25) is 0 Å². The highest BCUT2D eigenvalue weighted by Crippen LogP contribution is 2.47. The van der Waals surface area contributed by atoms with E-state index in [0.717, 1.165) is 18.7 Å². The summed E-state index contributed by atoms with van der Waals surface area (Å²) in [7, 11) is 0. The Hall–Kier alpha value is -3.07. The van der Waals surface area contributed by atoms with Gasteiger partial charge >= 0.3 is 0 Å². The van der Waals surface area contributed by atoms with Crippen molar-refractivity contribution in [3.8, 4) is 22.6 Å². The van der Waals surface area contributed by atoms with E-state index >= 15 is 0 Å². The second-order valence-corrected chi connectivity index (χ2v) is 7.98. The number of nitrogens with zero attached hydrogens (tertiary/aromatic N) is 2. The van der Waals surface area contributed by atoms with Crippen molar-refractivity contribution in [1.29, 1.82) is 0 Å². The zero-order valence-electron chi connectivity index (χ0n) is 15.6. The molecule has 0 fully saturated rings. The maximum Gasteiger partial charge on any atom is 0.172 e. The summed E-state index contributed by atoms with van der Waals surface area (Å²) in [6, 6.07) is 21.3. The lowest BCUT2D eigenvalue weighted by molar-refractivity contribution is 0.423. The summed E-state index contributed by atoms with van der Waals surface area (Å²) in [5.41, 5.74) is 7.55. The predicted octanol–water partition coefficient (Wildman–Crippen LogP) is 5.69. The minimum atomic E-state index is 0.00476. The summed E-state index contributed by atoms with van der Waals surface area (Å²) in [6.07, 6.45) is 5.10. The van der Waals surface area contributed by atoms with Gasteiger partial charge in [-0.05, 0) is 28.5 Å². The van der Waals surface area contributed by atoms with Gasteiger partial charge in [0.1, 0.15) is 0 Å². The second kappa shape index (κ2) is 5.98. The van der Waals surface area contributed by atoms with Crippen LogP contribution in [0.1, 0.15) is 30.5 Å². The Bertz CT molecular complexity index is 1090. The maximum absolute atomic E-state index is 5.71. The molecule has 2 aromatic carbocycles. The molecule has 4 aromatic rings. The molecule has 0 radical (unpaired) electrons. The van der Waals surface area contributed by atoms with E-state index in [1.54, 1.807) is 0 Å². The molecule has 0 atom stereocenters. The van der Waals surface area contributed by atoms with Crippen LogP contribution in [0.4, 0.5) is 0 Å². The van der Waals surface area contributed by atoms with Gasteiger partial charge in [-0.25, -0.2) is 0 Å². The average molecular weight is 354 g/mol. The van der Waals surface area contributed by atoms with Crippen molar-refractivity contribution in [3.05, 3.63) is 89.7 Å². The van der Waals surface area contributed by atoms with E-state index in [1.165, 1.54) is 33.5 Å². The minimum Gasteiger partial charge on any atom is -0.356 e. The molecule has 0 saturated carbocycles. The number of benzene rings is 2. The normalized spacial score (nSPS) is 14.6. The molecule has 134 valence electrons. The quantitative estimate of drug-likeness (QED) is 0.473.